The Morgan fingerprint density at radius 1 is 1.11 bits per heavy atom. The average molecular weight is 416 g/mol. The second kappa shape index (κ2) is 7.80. The first-order chi connectivity index (χ1) is 13.1. The van der Waals surface area contributed by atoms with Crippen molar-refractivity contribution in [1.29, 1.82) is 0 Å². The maximum Gasteiger partial charge on any atom is 0.249 e. The Morgan fingerprint density at radius 3 is 2.67 bits per heavy atom. The lowest BCUT2D eigenvalue weighted by Gasteiger charge is -2.10. The van der Waals surface area contributed by atoms with Gasteiger partial charge in [-0.25, -0.2) is 4.68 Å². The summed E-state index contributed by atoms with van der Waals surface area (Å²) in [5.74, 6) is 2.14. The summed E-state index contributed by atoms with van der Waals surface area (Å²) < 4.78 is 1.77. The molecule has 0 bridgehead atoms. The Bertz CT molecular complexity index is 1030. The van der Waals surface area contributed by atoms with E-state index in [2.05, 4.69) is 10.4 Å². The molecule has 136 valence electrons. The Balaban J connectivity index is 1.62. The van der Waals surface area contributed by atoms with Crippen molar-refractivity contribution in [2.45, 2.75) is 11.5 Å². The van der Waals surface area contributed by atoms with E-state index in [4.69, 9.17) is 23.2 Å². The maximum atomic E-state index is 12.5. The minimum Gasteiger partial charge on any atom is -0.307 e. The third-order valence-corrected chi connectivity index (χ3v) is 5.75. The van der Waals surface area contributed by atoms with Crippen LogP contribution < -0.4 is 5.32 Å². The van der Waals surface area contributed by atoms with Gasteiger partial charge >= 0.3 is 0 Å². The zero-order valence-corrected chi connectivity index (χ0v) is 16.5. The highest BCUT2D eigenvalue weighted by Gasteiger charge is 2.24. The minimum atomic E-state index is -0.232. The van der Waals surface area contributed by atoms with E-state index in [1.54, 1.807) is 40.7 Å². The topological polar surface area (TPSA) is 46.9 Å². The molecule has 2 heterocycles. The second-order valence-corrected chi connectivity index (χ2v) is 7.83. The summed E-state index contributed by atoms with van der Waals surface area (Å²) >= 11 is 13.9. The van der Waals surface area contributed by atoms with Crippen LogP contribution in [0.4, 0.5) is 5.82 Å². The molecular formula is C20H15Cl2N3OS. The van der Waals surface area contributed by atoms with Crippen LogP contribution in [-0.4, -0.2) is 15.7 Å². The number of fused-ring (bicyclic) bond motifs is 1. The molecule has 4 nitrogen and oxygen atoms in total. The van der Waals surface area contributed by atoms with Crippen LogP contribution in [0.15, 0.2) is 54.6 Å². The molecule has 1 aliphatic rings. The highest BCUT2D eigenvalue weighted by Crippen LogP contribution is 2.36. The first-order valence-corrected chi connectivity index (χ1v) is 10.2. The zero-order chi connectivity index (χ0) is 18.8. The fourth-order valence-electron chi connectivity index (χ4n) is 2.84. The first kappa shape index (κ1) is 18.2. The molecule has 0 saturated carbocycles. The lowest BCUT2D eigenvalue weighted by atomic mass is 10.2. The number of benzene rings is 2. The minimum absolute atomic E-state index is 0.232. The SMILES string of the molecule is O=C(/C=C/c1ccccc1Cl)Nc1c2c(nn1-c1ccc(Cl)cc1)CSC2. The number of halogens is 2. The standard InChI is InChI=1S/C20H15Cl2N3OS/c21-14-6-8-15(9-7-14)25-20(16-11-27-12-18(16)24-25)23-19(26)10-5-13-3-1-2-4-17(13)22/h1-10H,11-12H2,(H,23,26)/b10-5+. The lowest BCUT2D eigenvalue weighted by Crippen LogP contribution is -2.13. The molecule has 0 atom stereocenters. The molecule has 1 aliphatic heterocycles. The summed E-state index contributed by atoms with van der Waals surface area (Å²) in [5.41, 5.74) is 3.71. The smallest absolute Gasteiger partial charge is 0.249 e. The van der Waals surface area contributed by atoms with Crippen LogP contribution in [0.25, 0.3) is 11.8 Å². The fraction of sp³-hybridized carbons (Fsp3) is 0.100. The van der Waals surface area contributed by atoms with Crippen molar-refractivity contribution < 1.29 is 4.79 Å². The molecule has 3 aromatic rings. The van der Waals surface area contributed by atoms with Gasteiger partial charge in [-0.05, 0) is 42.0 Å². The van der Waals surface area contributed by atoms with Crippen molar-refractivity contribution in [3.63, 3.8) is 0 Å². The number of rotatable bonds is 4. The summed E-state index contributed by atoms with van der Waals surface area (Å²) in [6, 6.07) is 14.8. The monoisotopic (exact) mass is 415 g/mol. The van der Waals surface area contributed by atoms with E-state index in [-0.39, 0.29) is 5.91 Å². The van der Waals surface area contributed by atoms with Crippen LogP contribution in [-0.2, 0) is 16.3 Å². The van der Waals surface area contributed by atoms with E-state index < -0.39 is 0 Å². The number of hydrogen-bond acceptors (Lipinski definition) is 3. The molecule has 0 unspecified atom stereocenters. The zero-order valence-electron chi connectivity index (χ0n) is 14.2. The van der Waals surface area contributed by atoms with Crippen molar-refractivity contribution in [3.05, 3.63) is 81.5 Å². The van der Waals surface area contributed by atoms with E-state index in [1.165, 1.54) is 6.08 Å². The lowest BCUT2D eigenvalue weighted by molar-refractivity contribution is -0.111. The number of nitrogens with one attached hydrogen (secondary N) is 1. The van der Waals surface area contributed by atoms with Gasteiger partial charge in [0.2, 0.25) is 5.91 Å². The van der Waals surface area contributed by atoms with E-state index in [0.29, 0.717) is 15.9 Å². The summed E-state index contributed by atoms with van der Waals surface area (Å²) in [6.07, 6.45) is 3.19. The molecule has 0 fully saturated rings. The van der Waals surface area contributed by atoms with E-state index in [9.17, 15) is 4.79 Å². The predicted molar refractivity (Wildman–Crippen MR) is 113 cm³/mol. The third kappa shape index (κ3) is 3.90. The Labute approximate surface area is 171 Å². The Hall–Kier alpha value is -2.21. The second-order valence-electron chi connectivity index (χ2n) is 6.00. The summed E-state index contributed by atoms with van der Waals surface area (Å²) in [6.45, 7) is 0. The average Bonchev–Trinajstić information content (AvgIpc) is 3.24. The maximum absolute atomic E-state index is 12.5. The largest absolute Gasteiger partial charge is 0.307 e. The number of nitrogens with zero attached hydrogens (tertiary/aromatic N) is 2. The molecular weight excluding hydrogens is 401 g/mol. The molecule has 1 amide bonds. The van der Waals surface area contributed by atoms with Crippen molar-refractivity contribution in [1.82, 2.24) is 9.78 Å². The number of carbonyl (C=O) groups excluding carboxylic acids is 1. The molecule has 2 aromatic carbocycles. The van der Waals surface area contributed by atoms with Crippen molar-refractivity contribution in [2.24, 2.45) is 0 Å². The highest BCUT2D eigenvalue weighted by molar-refractivity contribution is 7.98. The number of thioether (sulfide) groups is 1. The number of carbonyl (C=O) groups is 1. The van der Waals surface area contributed by atoms with E-state index >= 15 is 0 Å². The number of aromatic nitrogens is 2. The van der Waals surface area contributed by atoms with Crippen molar-refractivity contribution in [3.8, 4) is 5.69 Å². The molecule has 1 N–H and O–H groups in total. The van der Waals surface area contributed by atoms with Crippen molar-refractivity contribution >= 4 is 52.8 Å². The van der Waals surface area contributed by atoms with Gasteiger partial charge < -0.3 is 5.32 Å². The van der Waals surface area contributed by atoms with Crippen LogP contribution in [0.1, 0.15) is 16.8 Å². The number of anilines is 1. The fourth-order valence-corrected chi connectivity index (χ4v) is 4.20. The van der Waals surface area contributed by atoms with Gasteiger partial charge in [-0.3, -0.25) is 4.79 Å². The van der Waals surface area contributed by atoms with Gasteiger partial charge in [0.15, 0.2) is 0 Å². The third-order valence-electron chi connectivity index (χ3n) is 4.18. The van der Waals surface area contributed by atoms with Gasteiger partial charge in [0.25, 0.3) is 0 Å². The molecule has 1 aromatic heterocycles. The van der Waals surface area contributed by atoms with Gasteiger partial charge in [0.1, 0.15) is 5.82 Å². The highest BCUT2D eigenvalue weighted by atomic mass is 35.5. The van der Waals surface area contributed by atoms with Gasteiger partial charge in [0, 0.05) is 33.2 Å². The van der Waals surface area contributed by atoms with Crippen LogP contribution in [0.5, 0.6) is 0 Å². The van der Waals surface area contributed by atoms with Crippen LogP contribution in [0, 0.1) is 0 Å². The molecule has 0 spiro atoms. The summed E-state index contributed by atoms with van der Waals surface area (Å²) in [5, 5.41) is 8.90. The molecule has 27 heavy (non-hydrogen) atoms. The molecule has 4 rings (SSSR count). The Morgan fingerprint density at radius 2 is 1.89 bits per heavy atom. The van der Waals surface area contributed by atoms with E-state index in [0.717, 1.165) is 34.0 Å². The van der Waals surface area contributed by atoms with Gasteiger partial charge in [-0.2, -0.15) is 16.9 Å². The number of hydrogen-bond donors (Lipinski definition) is 1. The number of amides is 1. The van der Waals surface area contributed by atoms with E-state index in [1.807, 2.05) is 30.3 Å². The summed E-state index contributed by atoms with van der Waals surface area (Å²) in [7, 11) is 0. The normalized spacial score (nSPS) is 13.1. The summed E-state index contributed by atoms with van der Waals surface area (Å²) in [4.78, 5) is 12.5. The van der Waals surface area contributed by atoms with Crippen LogP contribution in [0.3, 0.4) is 0 Å². The first-order valence-electron chi connectivity index (χ1n) is 8.30. The molecule has 7 heteroatoms. The van der Waals surface area contributed by atoms with Crippen LogP contribution >= 0.6 is 35.0 Å². The van der Waals surface area contributed by atoms with Crippen molar-refractivity contribution in [2.75, 3.05) is 5.32 Å². The van der Waals surface area contributed by atoms with Gasteiger partial charge in [0.05, 0.1) is 11.4 Å². The van der Waals surface area contributed by atoms with Gasteiger partial charge in [-0.1, -0.05) is 41.4 Å². The Kier molecular flexibility index (Phi) is 5.25. The molecule has 0 radical (unpaired) electrons. The molecule has 0 aliphatic carbocycles. The molecule has 0 saturated heterocycles. The quantitative estimate of drug-likeness (QED) is 0.565. The predicted octanol–water partition coefficient (Wildman–Crippen LogP) is 5.58. The van der Waals surface area contributed by atoms with Gasteiger partial charge in [-0.15, -0.1) is 0 Å². The van der Waals surface area contributed by atoms with Crippen LogP contribution in [0.2, 0.25) is 10.0 Å².